The smallest absolute Gasteiger partial charge is 0.324 e. The zero-order valence-electron chi connectivity index (χ0n) is 15.4. The molecule has 2 heterocycles. The summed E-state index contributed by atoms with van der Waals surface area (Å²) in [6, 6.07) is 3.93. The molecule has 0 bridgehead atoms. The van der Waals surface area contributed by atoms with Gasteiger partial charge in [0, 0.05) is 17.1 Å². The molecular formula is C19H20N4O3S. The van der Waals surface area contributed by atoms with Gasteiger partial charge >= 0.3 is 5.69 Å². The Balaban J connectivity index is 1.72. The van der Waals surface area contributed by atoms with Gasteiger partial charge in [0.25, 0.3) is 5.56 Å². The van der Waals surface area contributed by atoms with Crippen LogP contribution in [-0.2, 0) is 11.3 Å². The maximum absolute atomic E-state index is 12.9. The van der Waals surface area contributed by atoms with Crippen LogP contribution in [0.4, 0.5) is 5.69 Å². The molecule has 0 atom stereocenters. The van der Waals surface area contributed by atoms with E-state index in [1.807, 2.05) is 32.9 Å². The summed E-state index contributed by atoms with van der Waals surface area (Å²) in [5.74, 6) is -0.305. The van der Waals surface area contributed by atoms with E-state index in [1.165, 1.54) is 9.13 Å². The average Bonchev–Trinajstić information content (AvgIpc) is 3.30. The molecule has 1 fully saturated rings. The molecule has 1 saturated carbocycles. The molecule has 1 aliphatic carbocycles. The van der Waals surface area contributed by atoms with Gasteiger partial charge < -0.3 is 5.32 Å². The van der Waals surface area contributed by atoms with E-state index in [2.05, 4.69) is 9.69 Å². The summed E-state index contributed by atoms with van der Waals surface area (Å²) in [6.07, 6.45) is 1.61. The van der Waals surface area contributed by atoms with Crippen LogP contribution in [0.5, 0.6) is 0 Å². The van der Waals surface area contributed by atoms with Crippen LogP contribution >= 0.6 is 11.5 Å². The monoisotopic (exact) mass is 384 g/mol. The Morgan fingerprint density at radius 1 is 1.22 bits per heavy atom. The summed E-state index contributed by atoms with van der Waals surface area (Å²) >= 11 is 1.11. The van der Waals surface area contributed by atoms with Crippen LogP contribution in [0.15, 0.2) is 27.1 Å². The van der Waals surface area contributed by atoms with E-state index in [9.17, 15) is 14.4 Å². The van der Waals surface area contributed by atoms with Crippen molar-refractivity contribution >= 4 is 34.2 Å². The number of nitrogens with zero attached hydrogens (tertiary/aromatic N) is 3. The lowest BCUT2D eigenvalue weighted by Gasteiger charge is -2.14. The number of hydrogen-bond acceptors (Lipinski definition) is 5. The number of rotatable bonds is 4. The Bertz CT molecular complexity index is 1160. The Morgan fingerprint density at radius 3 is 2.52 bits per heavy atom. The van der Waals surface area contributed by atoms with Gasteiger partial charge in [-0.05, 0) is 56.3 Å². The molecule has 0 aliphatic heterocycles. The van der Waals surface area contributed by atoms with Crippen molar-refractivity contribution in [2.24, 2.45) is 0 Å². The summed E-state index contributed by atoms with van der Waals surface area (Å²) in [6.45, 7) is 5.73. The molecule has 1 N–H and O–H groups in total. The van der Waals surface area contributed by atoms with E-state index >= 15 is 0 Å². The molecule has 0 saturated heterocycles. The Labute approximate surface area is 159 Å². The molecule has 8 heteroatoms. The number of aromatic nitrogens is 3. The molecule has 1 aliphatic rings. The molecule has 7 nitrogen and oxygen atoms in total. The van der Waals surface area contributed by atoms with E-state index in [0.29, 0.717) is 5.52 Å². The molecule has 2 aromatic heterocycles. The Kier molecular flexibility index (Phi) is 4.22. The first kappa shape index (κ1) is 17.7. The molecular weight excluding hydrogens is 364 g/mol. The summed E-state index contributed by atoms with van der Waals surface area (Å²) < 4.78 is 6.74. The lowest BCUT2D eigenvalue weighted by atomic mass is 10.1. The number of hydrogen-bond donors (Lipinski definition) is 1. The fourth-order valence-corrected chi connectivity index (χ4v) is 4.18. The number of benzene rings is 1. The van der Waals surface area contributed by atoms with Gasteiger partial charge in [0.2, 0.25) is 5.91 Å². The Hall–Kier alpha value is -2.74. The van der Waals surface area contributed by atoms with Crippen molar-refractivity contribution in [3.8, 4) is 0 Å². The second-order valence-corrected chi connectivity index (χ2v) is 7.77. The van der Waals surface area contributed by atoms with Gasteiger partial charge in [-0.25, -0.2) is 4.79 Å². The summed E-state index contributed by atoms with van der Waals surface area (Å²) in [7, 11) is 0. The zero-order chi connectivity index (χ0) is 19.3. The zero-order valence-corrected chi connectivity index (χ0v) is 16.2. The van der Waals surface area contributed by atoms with Gasteiger partial charge in [-0.15, -0.1) is 0 Å². The second kappa shape index (κ2) is 6.45. The highest BCUT2D eigenvalue weighted by Gasteiger charge is 2.29. The normalized spacial score (nSPS) is 13.9. The average molecular weight is 384 g/mol. The standard InChI is InChI=1S/C19H20N4O3S/c1-10-6-11(2)16(12(3)7-10)20-15(24)8-22-14-9-27-21-17(14)18(25)23(19(22)26)13-4-5-13/h6-7,9,13H,4-5,8H2,1-3H3,(H,20,24). The molecule has 4 rings (SSSR count). The van der Waals surface area contributed by atoms with Crippen molar-refractivity contribution in [2.75, 3.05) is 5.32 Å². The molecule has 3 aromatic rings. The predicted octanol–water partition coefficient (Wildman–Crippen LogP) is 2.52. The van der Waals surface area contributed by atoms with Crippen LogP contribution in [-0.4, -0.2) is 19.4 Å². The van der Waals surface area contributed by atoms with Crippen LogP contribution in [0, 0.1) is 20.8 Å². The minimum atomic E-state index is -0.442. The van der Waals surface area contributed by atoms with Crippen LogP contribution in [0.1, 0.15) is 35.6 Å². The number of carbonyl (C=O) groups is 1. The van der Waals surface area contributed by atoms with Gasteiger partial charge in [0.05, 0.1) is 5.52 Å². The number of amides is 1. The number of aryl methyl sites for hydroxylation is 3. The number of fused-ring (bicyclic) bond motifs is 1. The van der Waals surface area contributed by atoms with Gasteiger partial charge in [-0.1, -0.05) is 17.7 Å². The van der Waals surface area contributed by atoms with Crippen molar-refractivity contribution in [1.82, 2.24) is 13.5 Å². The first-order valence-corrected chi connectivity index (χ1v) is 9.67. The van der Waals surface area contributed by atoms with Crippen LogP contribution in [0.2, 0.25) is 0 Å². The van der Waals surface area contributed by atoms with Crippen molar-refractivity contribution in [2.45, 2.75) is 46.2 Å². The second-order valence-electron chi connectivity index (χ2n) is 7.15. The molecule has 0 spiro atoms. The molecule has 0 radical (unpaired) electrons. The van der Waals surface area contributed by atoms with Gasteiger partial charge in [-0.2, -0.15) is 4.37 Å². The van der Waals surface area contributed by atoms with E-state index in [4.69, 9.17) is 0 Å². The van der Waals surface area contributed by atoms with Crippen molar-refractivity contribution in [1.29, 1.82) is 0 Å². The lowest BCUT2D eigenvalue weighted by molar-refractivity contribution is -0.116. The highest BCUT2D eigenvalue weighted by atomic mass is 32.1. The van der Waals surface area contributed by atoms with Gasteiger partial charge in [-0.3, -0.25) is 18.7 Å². The van der Waals surface area contributed by atoms with Crippen molar-refractivity contribution < 1.29 is 4.79 Å². The highest BCUT2D eigenvalue weighted by Crippen LogP contribution is 2.32. The van der Waals surface area contributed by atoms with E-state index in [0.717, 1.165) is 46.8 Å². The largest absolute Gasteiger partial charge is 0.332 e. The molecule has 27 heavy (non-hydrogen) atoms. The summed E-state index contributed by atoms with van der Waals surface area (Å²) in [5, 5.41) is 4.56. The summed E-state index contributed by atoms with van der Waals surface area (Å²) in [5.41, 5.74) is 3.69. The van der Waals surface area contributed by atoms with Gasteiger partial charge in [0.15, 0.2) is 5.52 Å². The van der Waals surface area contributed by atoms with Crippen molar-refractivity contribution in [3.05, 3.63) is 55.0 Å². The number of carbonyl (C=O) groups excluding carboxylic acids is 1. The maximum Gasteiger partial charge on any atom is 0.332 e. The minimum Gasteiger partial charge on any atom is -0.324 e. The van der Waals surface area contributed by atoms with Crippen LogP contribution in [0.25, 0.3) is 11.0 Å². The highest BCUT2D eigenvalue weighted by molar-refractivity contribution is 7.04. The van der Waals surface area contributed by atoms with Crippen LogP contribution in [0.3, 0.4) is 0 Å². The number of anilines is 1. The van der Waals surface area contributed by atoms with Crippen LogP contribution < -0.4 is 16.6 Å². The summed E-state index contributed by atoms with van der Waals surface area (Å²) in [4.78, 5) is 38.1. The first-order valence-electron chi connectivity index (χ1n) is 8.84. The fourth-order valence-electron chi connectivity index (χ4n) is 3.51. The van der Waals surface area contributed by atoms with E-state index < -0.39 is 5.69 Å². The maximum atomic E-state index is 12.9. The third-order valence-electron chi connectivity index (χ3n) is 4.86. The quantitative estimate of drug-likeness (QED) is 0.749. The SMILES string of the molecule is Cc1cc(C)c(NC(=O)Cn2c(=O)n(C3CC3)c(=O)c3nscc32)c(C)c1. The fraction of sp³-hybridized carbons (Fsp3) is 0.368. The lowest BCUT2D eigenvalue weighted by Crippen LogP contribution is -2.41. The third kappa shape index (κ3) is 3.10. The molecule has 1 amide bonds. The van der Waals surface area contributed by atoms with E-state index in [-0.39, 0.29) is 29.6 Å². The van der Waals surface area contributed by atoms with E-state index in [1.54, 1.807) is 5.38 Å². The number of nitrogens with one attached hydrogen (secondary N) is 1. The first-order chi connectivity index (χ1) is 12.9. The van der Waals surface area contributed by atoms with Gasteiger partial charge in [0.1, 0.15) is 6.54 Å². The molecule has 1 aromatic carbocycles. The third-order valence-corrected chi connectivity index (χ3v) is 5.47. The minimum absolute atomic E-state index is 0.0769. The Morgan fingerprint density at radius 2 is 1.89 bits per heavy atom. The topological polar surface area (TPSA) is 86.0 Å². The predicted molar refractivity (Wildman–Crippen MR) is 106 cm³/mol. The molecule has 0 unspecified atom stereocenters. The molecule has 140 valence electrons. The van der Waals surface area contributed by atoms with Crippen molar-refractivity contribution in [3.63, 3.8) is 0 Å².